The van der Waals surface area contributed by atoms with E-state index < -0.39 is 43.6 Å². The fourth-order valence-electron chi connectivity index (χ4n) is 3.25. The fraction of sp³-hybridized carbons (Fsp3) is 0.885. The van der Waals surface area contributed by atoms with Crippen LogP contribution in [0.15, 0.2) is 12.2 Å². The summed E-state index contributed by atoms with van der Waals surface area (Å²) >= 11 is 0. The van der Waals surface area contributed by atoms with Gasteiger partial charge >= 0.3 is 5.97 Å². The van der Waals surface area contributed by atoms with Gasteiger partial charge in [-0.15, -0.1) is 0 Å². The van der Waals surface area contributed by atoms with Crippen molar-refractivity contribution in [2.75, 3.05) is 26.4 Å². The average Bonchev–Trinajstić information content (AvgIpc) is 3.73. The molecular weight excluding hydrogens is 440 g/mol. The molecule has 1 aliphatic heterocycles. The van der Waals surface area contributed by atoms with E-state index in [2.05, 4.69) is 23.8 Å². The van der Waals surface area contributed by atoms with Crippen LogP contribution in [-0.2, 0) is 14.3 Å². The summed E-state index contributed by atoms with van der Waals surface area (Å²) in [5.74, 6) is -0.471. The number of carbonyl (C=O) groups is 1. The molecule has 0 aliphatic carbocycles. The second-order valence-corrected chi connectivity index (χ2v) is 8.93. The van der Waals surface area contributed by atoms with Crippen molar-refractivity contribution >= 4 is 5.97 Å². The number of epoxide rings is 1. The summed E-state index contributed by atoms with van der Waals surface area (Å²) in [6.45, 7) is 3.02. The third-order valence-electron chi connectivity index (χ3n) is 5.59. The lowest BCUT2D eigenvalue weighted by Gasteiger charge is -2.25. The molecule has 0 spiro atoms. The molecule has 0 aromatic carbocycles. The number of hydrogen-bond acceptors (Lipinski definition) is 8. The van der Waals surface area contributed by atoms with Crippen LogP contribution in [0.5, 0.6) is 0 Å². The maximum absolute atomic E-state index is 11.7. The lowest BCUT2D eigenvalue weighted by atomic mass is 10.0. The molecule has 8 heteroatoms. The van der Waals surface area contributed by atoms with E-state index in [1.54, 1.807) is 0 Å². The Morgan fingerprint density at radius 2 is 1.26 bits per heavy atom. The number of esters is 1. The zero-order valence-corrected chi connectivity index (χ0v) is 21.2. The van der Waals surface area contributed by atoms with Gasteiger partial charge in [-0.1, -0.05) is 70.4 Å². The molecular formula is C26H50O8. The summed E-state index contributed by atoms with van der Waals surface area (Å²) in [6, 6.07) is 0. The van der Waals surface area contributed by atoms with Crippen molar-refractivity contribution in [2.24, 2.45) is 0 Å². The van der Waals surface area contributed by atoms with Crippen molar-refractivity contribution in [3.05, 3.63) is 12.2 Å². The molecule has 0 aromatic heterocycles. The maximum atomic E-state index is 11.7. The van der Waals surface area contributed by atoms with Crippen LogP contribution in [0, 0.1) is 0 Å². The standard InChI is InChI=1S/C24H46O7.C2H4O/c1-2-3-4-5-6-7-8-9-10-11-12-13-14-15-16-17-22(28)31-19-21(27)24(30)23(29)20(26)18-25;1-2-3-1/h9-10,20-21,23-27,29-30H,2-8,11-19H2,1H3;1-2H2/b10-9-;/t20-,21+,23-,24-;/m1./s1. The normalized spacial score (nSPS) is 16.4. The van der Waals surface area contributed by atoms with Crippen LogP contribution >= 0.6 is 0 Å². The molecule has 34 heavy (non-hydrogen) atoms. The van der Waals surface area contributed by atoms with Gasteiger partial charge in [-0.05, 0) is 32.1 Å². The summed E-state index contributed by atoms with van der Waals surface area (Å²) < 4.78 is 9.39. The predicted molar refractivity (Wildman–Crippen MR) is 132 cm³/mol. The first-order valence-electron chi connectivity index (χ1n) is 13.2. The zero-order valence-electron chi connectivity index (χ0n) is 21.2. The predicted octanol–water partition coefficient (Wildman–Crippen LogP) is 3.02. The summed E-state index contributed by atoms with van der Waals surface area (Å²) in [4.78, 5) is 11.7. The Balaban J connectivity index is 0.00000333. The number of aliphatic hydroxyl groups is 5. The van der Waals surface area contributed by atoms with Gasteiger partial charge < -0.3 is 35.0 Å². The Hall–Kier alpha value is -1.03. The minimum atomic E-state index is -1.72. The number of ether oxygens (including phenoxy) is 2. The van der Waals surface area contributed by atoms with Crippen LogP contribution in [-0.4, -0.2) is 82.3 Å². The summed E-state index contributed by atoms with van der Waals surface area (Å²) in [7, 11) is 0. The van der Waals surface area contributed by atoms with E-state index in [0.29, 0.717) is 6.42 Å². The Kier molecular flexibility index (Phi) is 23.0. The Labute approximate surface area is 206 Å². The van der Waals surface area contributed by atoms with E-state index in [9.17, 15) is 25.2 Å². The number of aliphatic hydroxyl groups excluding tert-OH is 5. The van der Waals surface area contributed by atoms with E-state index in [-0.39, 0.29) is 6.42 Å². The van der Waals surface area contributed by atoms with Gasteiger partial charge in [-0.2, -0.15) is 0 Å². The number of rotatable bonds is 21. The van der Waals surface area contributed by atoms with Gasteiger partial charge in [0.15, 0.2) is 0 Å². The quantitative estimate of drug-likeness (QED) is 0.0716. The van der Waals surface area contributed by atoms with Gasteiger partial charge in [0.2, 0.25) is 0 Å². The van der Waals surface area contributed by atoms with E-state index >= 15 is 0 Å². The van der Waals surface area contributed by atoms with Gasteiger partial charge in [0, 0.05) is 6.42 Å². The number of carbonyl (C=O) groups excluding carboxylic acids is 1. The van der Waals surface area contributed by atoms with Gasteiger partial charge in [-0.25, -0.2) is 0 Å². The Morgan fingerprint density at radius 1 is 0.794 bits per heavy atom. The van der Waals surface area contributed by atoms with Crippen LogP contribution in [0.4, 0.5) is 0 Å². The first kappa shape index (κ1) is 33.0. The molecule has 0 unspecified atom stereocenters. The van der Waals surface area contributed by atoms with Gasteiger partial charge in [0.05, 0.1) is 19.8 Å². The minimum Gasteiger partial charge on any atom is -0.463 e. The first-order chi connectivity index (χ1) is 16.4. The van der Waals surface area contributed by atoms with E-state index in [0.717, 1.165) is 45.3 Å². The molecule has 0 bridgehead atoms. The SMILES string of the molecule is C1CO1.CCCCCCCC/C=C\CCCCCCCC(=O)OC[C@H](O)[C@@H](O)[C@H](O)[C@H](O)CO. The third kappa shape index (κ3) is 21.5. The monoisotopic (exact) mass is 490 g/mol. The molecule has 202 valence electrons. The van der Waals surface area contributed by atoms with Crippen LogP contribution < -0.4 is 0 Å². The van der Waals surface area contributed by atoms with Crippen molar-refractivity contribution in [3.63, 3.8) is 0 Å². The smallest absolute Gasteiger partial charge is 0.305 e. The molecule has 1 aliphatic rings. The molecule has 0 radical (unpaired) electrons. The largest absolute Gasteiger partial charge is 0.463 e. The van der Waals surface area contributed by atoms with Crippen LogP contribution in [0.2, 0.25) is 0 Å². The second kappa shape index (κ2) is 23.7. The highest BCUT2D eigenvalue weighted by Gasteiger charge is 2.30. The topological polar surface area (TPSA) is 140 Å². The maximum Gasteiger partial charge on any atom is 0.305 e. The van der Waals surface area contributed by atoms with Crippen molar-refractivity contribution in [3.8, 4) is 0 Å². The first-order valence-corrected chi connectivity index (χ1v) is 13.2. The number of hydrogen-bond donors (Lipinski definition) is 5. The van der Waals surface area contributed by atoms with Crippen molar-refractivity contribution < 1.29 is 39.8 Å². The Bertz CT molecular complexity index is 481. The van der Waals surface area contributed by atoms with Crippen molar-refractivity contribution in [1.29, 1.82) is 0 Å². The highest BCUT2D eigenvalue weighted by atomic mass is 16.6. The van der Waals surface area contributed by atoms with Crippen LogP contribution in [0.3, 0.4) is 0 Å². The molecule has 1 fully saturated rings. The third-order valence-corrected chi connectivity index (χ3v) is 5.59. The van der Waals surface area contributed by atoms with Gasteiger partial charge in [-0.3, -0.25) is 4.79 Å². The average molecular weight is 491 g/mol. The Morgan fingerprint density at radius 3 is 1.76 bits per heavy atom. The fourth-order valence-corrected chi connectivity index (χ4v) is 3.25. The summed E-state index contributed by atoms with van der Waals surface area (Å²) in [6.07, 6.45) is 13.5. The minimum absolute atomic E-state index is 0.239. The molecule has 8 nitrogen and oxygen atoms in total. The number of allylic oxidation sites excluding steroid dienone is 2. The van der Waals surface area contributed by atoms with Crippen molar-refractivity contribution in [1.82, 2.24) is 0 Å². The molecule has 1 heterocycles. The summed E-state index contributed by atoms with van der Waals surface area (Å²) in [5.41, 5.74) is 0. The molecule has 1 rings (SSSR count). The highest BCUT2D eigenvalue weighted by Crippen LogP contribution is 2.11. The van der Waals surface area contributed by atoms with E-state index in [1.807, 2.05) is 0 Å². The van der Waals surface area contributed by atoms with E-state index in [4.69, 9.17) is 9.84 Å². The lowest BCUT2D eigenvalue weighted by Crippen LogP contribution is -2.47. The van der Waals surface area contributed by atoms with E-state index in [1.165, 1.54) is 44.9 Å². The summed E-state index contributed by atoms with van der Waals surface area (Å²) in [5, 5.41) is 46.8. The molecule has 1 saturated heterocycles. The molecule has 0 saturated carbocycles. The molecule has 0 amide bonds. The van der Waals surface area contributed by atoms with Crippen LogP contribution in [0.1, 0.15) is 96.8 Å². The zero-order chi connectivity index (χ0) is 25.4. The highest BCUT2D eigenvalue weighted by molar-refractivity contribution is 5.69. The molecule has 4 atom stereocenters. The van der Waals surface area contributed by atoms with Crippen LogP contribution in [0.25, 0.3) is 0 Å². The second-order valence-electron chi connectivity index (χ2n) is 8.93. The molecule has 0 aromatic rings. The van der Waals surface area contributed by atoms with Gasteiger partial charge in [0.25, 0.3) is 0 Å². The number of unbranched alkanes of at least 4 members (excludes halogenated alkanes) is 11. The van der Waals surface area contributed by atoms with Gasteiger partial charge in [0.1, 0.15) is 31.0 Å². The lowest BCUT2D eigenvalue weighted by molar-refractivity contribution is -0.156. The van der Waals surface area contributed by atoms with Crippen molar-refractivity contribution in [2.45, 2.75) is 121 Å². The molecule has 5 N–H and O–H groups in total.